The van der Waals surface area contributed by atoms with Crippen molar-refractivity contribution in [1.82, 2.24) is 10.2 Å². The molecule has 2 aromatic rings. The number of hydrogen-bond acceptors (Lipinski definition) is 6. The molecular weight excluding hydrogens is 378 g/mol. The van der Waals surface area contributed by atoms with Crippen molar-refractivity contribution < 1.29 is 9.59 Å². The van der Waals surface area contributed by atoms with Gasteiger partial charge in [-0.1, -0.05) is 80.5 Å². The van der Waals surface area contributed by atoms with Crippen molar-refractivity contribution in [3.05, 3.63) is 35.4 Å². The van der Waals surface area contributed by atoms with E-state index in [1.807, 2.05) is 31.2 Å². The molecule has 27 heavy (non-hydrogen) atoms. The number of anilines is 1. The predicted molar refractivity (Wildman–Crippen MR) is 113 cm³/mol. The summed E-state index contributed by atoms with van der Waals surface area (Å²) in [6, 6.07) is 7.90. The van der Waals surface area contributed by atoms with E-state index in [4.69, 9.17) is 0 Å². The van der Waals surface area contributed by atoms with E-state index in [0.717, 1.165) is 24.8 Å². The number of Topliss-reactive ketones (excluding diaryl/α,β-unsaturated/α-hetero) is 1. The monoisotopic (exact) mass is 405 g/mol. The lowest BCUT2D eigenvalue weighted by atomic mass is 10.0. The van der Waals surface area contributed by atoms with Crippen LogP contribution in [0, 0.1) is 0 Å². The zero-order valence-corrected chi connectivity index (χ0v) is 17.6. The molecule has 1 aromatic heterocycles. The molecule has 5 nitrogen and oxygen atoms in total. The van der Waals surface area contributed by atoms with Crippen LogP contribution in [0.25, 0.3) is 0 Å². The fraction of sp³-hybridized carbons (Fsp3) is 0.500. The molecule has 146 valence electrons. The van der Waals surface area contributed by atoms with Crippen LogP contribution >= 0.6 is 23.1 Å². The highest BCUT2D eigenvalue weighted by atomic mass is 32.2. The fourth-order valence-corrected chi connectivity index (χ4v) is 4.15. The zero-order chi connectivity index (χ0) is 19.5. The fourth-order valence-electron chi connectivity index (χ4n) is 2.48. The number of nitrogens with zero attached hydrogens (tertiary/aromatic N) is 2. The molecule has 0 fully saturated rings. The van der Waals surface area contributed by atoms with E-state index < -0.39 is 0 Å². The summed E-state index contributed by atoms with van der Waals surface area (Å²) >= 11 is 2.66. The molecule has 0 radical (unpaired) electrons. The van der Waals surface area contributed by atoms with Gasteiger partial charge in [0, 0.05) is 12.0 Å². The van der Waals surface area contributed by atoms with Crippen molar-refractivity contribution in [2.45, 2.75) is 63.1 Å². The lowest BCUT2D eigenvalue weighted by Crippen LogP contribution is -2.10. The third-order valence-corrected chi connectivity index (χ3v) is 6.05. The lowest BCUT2D eigenvalue weighted by Gasteiger charge is -2.03. The topological polar surface area (TPSA) is 72.0 Å². The Morgan fingerprint density at radius 3 is 2.48 bits per heavy atom. The van der Waals surface area contributed by atoms with Crippen LogP contribution in [0.3, 0.4) is 0 Å². The highest BCUT2D eigenvalue weighted by Gasteiger charge is 2.11. The third-order valence-electron chi connectivity index (χ3n) is 4.08. The van der Waals surface area contributed by atoms with E-state index in [0.29, 0.717) is 21.6 Å². The average molecular weight is 406 g/mol. The number of unbranched alkanes of at least 4 members (excludes halogenated alkanes) is 3. The van der Waals surface area contributed by atoms with E-state index in [1.54, 1.807) is 0 Å². The maximum Gasteiger partial charge on any atom is 0.226 e. The number of thioether (sulfide) groups is 1. The Balaban J connectivity index is 1.79. The molecule has 7 heteroatoms. The Labute approximate surface area is 169 Å². The van der Waals surface area contributed by atoms with E-state index in [2.05, 4.69) is 22.4 Å². The molecule has 0 aliphatic heterocycles. The third kappa shape index (κ3) is 7.81. The van der Waals surface area contributed by atoms with E-state index in [-0.39, 0.29) is 11.7 Å². The molecular formula is C20H27N3O2S2. The molecule has 0 aliphatic carbocycles. The summed E-state index contributed by atoms with van der Waals surface area (Å²) in [4.78, 5) is 24.1. The summed E-state index contributed by atoms with van der Waals surface area (Å²) in [7, 11) is 0. The summed E-state index contributed by atoms with van der Waals surface area (Å²) in [6.07, 6.45) is 7.03. The van der Waals surface area contributed by atoms with Crippen LogP contribution in [-0.2, 0) is 11.2 Å². The number of hydrogen-bond donors (Lipinski definition) is 1. The van der Waals surface area contributed by atoms with Crippen LogP contribution in [0.2, 0.25) is 0 Å². The van der Waals surface area contributed by atoms with E-state index >= 15 is 0 Å². The number of amides is 1. The smallest absolute Gasteiger partial charge is 0.226 e. The average Bonchev–Trinajstić information content (AvgIpc) is 3.12. The van der Waals surface area contributed by atoms with E-state index in [1.165, 1.54) is 47.9 Å². The number of benzene rings is 1. The molecule has 0 saturated carbocycles. The van der Waals surface area contributed by atoms with Gasteiger partial charge in [0.15, 0.2) is 10.1 Å². The van der Waals surface area contributed by atoms with Crippen LogP contribution in [0.15, 0.2) is 28.6 Å². The number of aromatic nitrogens is 2. The van der Waals surface area contributed by atoms with E-state index in [9.17, 15) is 9.59 Å². The minimum absolute atomic E-state index is 0.0420. The molecule has 2 rings (SSSR count). The minimum Gasteiger partial charge on any atom is -0.301 e. The first kappa shape index (κ1) is 21.6. The van der Waals surface area contributed by atoms with Gasteiger partial charge in [0.25, 0.3) is 0 Å². The quantitative estimate of drug-likeness (QED) is 0.222. The predicted octanol–water partition coefficient (Wildman–Crippen LogP) is 5.37. The highest BCUT2D eigenvalue weighted by Crippen LogP contribution is 2.26. The van der Waals surface area contributed by atoms with Gasteiger partial charge in [-0.2, -0.15) is 0 Å². The van der Waals surface area contributed by atoms with Crippen LogP contribution in [0.5, 0.6) is 0 Å². The summed E-state index contributed by atoms with van der Waals surface area (Å²) in [5.74, 6) is 0.344. The van der Waals surface area contributed by atoms with Crippen molar-refractivity contribution in [3.8, 4) is 0 Å². The van der Waals surface area contributed by atoms with Gasteiger partial charge in [0.2, 0.25) is 11.0 Å². The van der Waals surface area contributed by atoms with Crippen molar-refractivity contribution in [3.63, 3.8) is 0 Å². The molecule has 0 aliphatic rings. The SMILES string of the molecule is CCCCCc1ccc(C(=O)CSc2nnc(NC(=O)CCCC)s2)cc1. The Kier molecular flexibility index (Phi) is 9.48. The second-order valence-electron chi connectivity index (χ2n) is 6.39. The largest absolute Gasteiger partial charge is 0.301 e. The first-order valence-corrected chi connectivity index (χ1v) is 11.3. The highest BCUT2D eigenvalue weighted by molar-refractivity contribution is 8.01. The van der Waals surface area contributed by atoms with Gasteiger partial charge < -0.3 is 5.32 Å². The molecule has 1 aromatic carbocycles. The summed E-state index contributed by atoms with van der Waals surface area (Å²) in [6.45, 7) is 4.24. The van der Waals surface area contributed by atoms with Gasteiger partial charge in [0.1, 0.15) is 0 Å². The first-order chi connectivity index (χ1) is 13.1. The van der Waals surface area contributed by atoms with Crippen molar-refractivity contribution in [2.24, 2.45) is 0 Å². The summed E-state index contributed by atoms with van der Waals surface area (Å²) in [5, 5.41) is 11.2. The summed E-state index contributed by atoms with van der Waals surface area (Å²) < 4.78 is 0.685. The minimum atomic E-state index is -0.0420. The number of carbonyl (C=O) groups is 2. The lowest BCUT2D eigenvalue weighted by molar-refractivity contribution is -0.116. The molecule has 1 amide bonds. The normalized spacial score (nSPS) is 10.7. The molecule has 0 spiro atoms. The molecule has 1 N–H and O–H groups in total. The van der Waals surface area contributed by atoms with Crippen LogP contribution < -0.4 is 5.32 Å². The Hall–Kier alpha value is -1.73. The number of aryl methyl sites for hydroxylation is 1. The van der Waals surface area contributed by atoms with Gasteiger partial charge in [-0.15, -0.1) is 10.2 Å². The number of carbonyl (C=O) groups excluding carboxylic acids is 2. The maximum absolute atomic E-state index is 12.4. The van der Waals surface area contributed by atoms with Crippen molar-refractivity contribution in [1.29, 1.82) is 0 Å². The summed E-state index contributed by atoms with van der Waals surface area (Å²) in [5.41, 5.74) is 2.00. The molecule has 0 saturated heterocycles. The van der Waals surface area contributed by atoms with Crippen molar-refractivity contribution >= 4 is 39.9 Å². The molecule has 0 unspecified atom stereocenters. The van der Waals surface area contributed by atoms with Crippen LogP contribution in [-0.4, -0.2) is 27.6 Å². The molecule has 0 atom stereocenters. The molecule has 0 bridgehead atoms. The van der Waals surface area contributed by atoms with Gasteiger partial charge in [-0.25, -0.2) is 0 Å². The van der Waals surface area contributed by atoms with Gasteiger partial charge in [-0.3, -0.25) is 9.59 Å². The second kappa shape index (κ2) is 11.9. The number of ketones is 1. The van der Waals surface area contributed by atoms with Gasteiger partial charge in [-0.05, 0) is 24.8 Å². The first-order valence-electron chi connectivity index (χ1n) is 9.50. The number of rotatable bonds is 12. The standard InChI is InChI=1S/C20H27N3O2S2/c1-3-5-7-8-15-10-12-16(13-11-15)17(24)14-26-20-23-22-19(27-20)21-18(25)9-6-4-2/h10-13H,3-9,14H2,1-2H3,(H,21,22,25). The zero-order valence-electron chi connectivity index (χ0n) is 16.0. The van der Waals surface area contributed by atoms with Crippen LogP contribution in [0.4, 0.5) is 5.13 Å². The van der Waals surface area contributed by atoms with Crippen molar-refractivity contribution in [2.75, 3.05) is 11.1 Å². The Morgan fingerprint density at radius 2 is 1.78 bits per heavy atom. The Morgan fingerprint density at radius 1 is 1.04 bits per heavy atom. The van der Waals surface area contributed by atoms with Crippen LogP contribution in [0.1, 0.15) is 68.3 Å². The molecule has 1 heterocycles. The van der Waals surface area contributed by atoms with Gasteiger partial charge >= 0.3 is 0 Å². The second-order valence-corrected chi connectivity index (χ2v) is 8.59. The Bertz CT molecular complexity index is 729. The maximum atomic E-state index is 12.4. The number of nitrogens with one attached hydrogen (secondary N) is 1. The van der Waals surface area contributed by atoms with Gasteiger partial charge in [0.05, 0.1) is 5.75 Å².